The van der Waals surface area contributed by atoms with E-state index in [4.69, 9.17) is 0 Å². The van der Waals surface area contributed by atoms with Crippen LogP contribution in [-0.2, 0) is 19.4 Å². The number of benzene rings is 2. The first kappa shape index (κ1) is 19.7. The molecule has 0 bridgehead atoms. The smallest absolute Gasteiger partial charge is 0.225 e. The van der Waals surface area contributed by atoms with Gasteiger partial charge in [0.1, 0.15) is 0 Å². The number of anilines is 2. The molecule has 0 saturated heterocycles. The van der Waals surface area contributed by atoms with Gasteiger partial charge in [0.05, 0.1) is 10.6 Å². The highest BCUT2D eigenvalue weighted by Gasteiger charge is 2.17. The molecule has 0 spiro atoms. The van der Waals surface area contributed by atoms with E-state index in [1.54, 1.807) is 6.07 Å². The lowest BCUT2D eigenvalue weighted by atomic mass is 10.1. The minimum absolute atomic E-state index is 0.116. The number of nitrogens with one attached hydrogen (secondary N) is 2. The maximum Gasteiger partial charge on any atom is 0.225 e. The molecule has 2 amide bonds. The molecule has 2 N–H and O–H groups in total. The van der Waals surface area contributed by atoms with Gasteiger partial charge in [0.2, 0.25) is 11.8 Å². The summed E-state index contributed by atoms with van der Waals surface area (Å²) in [5.41, 5.74) is 3.34. The standard InChI is InChI=1S/C19H22N2O4S/c1-13-4-5-17(12-14(13)2)21-19(23)10-11-26(24,25)18-8-6-16(7-9-18)20-15(3)22/h4-9,12H,10-11H2,1-3H3,(H,20,22)(H,21,23). The lowest BCUT2D eigenvalue weighted by Crippen LogP contribution is -2.17. The number of aryl methyl sites for hydroxylation is 2. The van der Waals surface area contributed by atoms with Gasteiger partial charge in [0.25, 0.3) is 0 Å². The SMILES string of the molecule is CC(=O)Nc1ccc(S(=O)(=O)CCC(=O)Nc2ccc(C)c(C)c2)cc1. The summed E-state index contributed by atoms with van der Waals surface area (Å²) in [4.78, 5) is 23.1. The van der Waals surface area contributed by atoms with Gasteiger partial charge in [-0.05, 0) is 61.4 Å². The summed E-state index contributed by atoms with van der Waals surface area (Å²) in [5, 5.41) is 5.29. The molecule has 0 aromatic heterocycles. The normalized spacial score (nSPS) is 11.0. The number of carbonyl (C=O) groups is 2. The highest BCUT2D eigenvalue weighted by Crippen LogP contribution is 2.17. The average molecular weight is 374 g/mol. The molecule has 2 rings (SSSR count). The Morgan fingerprint density at radius 3 is 2.08 bits per heavy atom. The van der Waals surface area contributed by atoms with Crippen molar-refractivity contribution in [3.63, 3.8) is 0 Å². The third-order valence-electron chi connectivity index (χ3n) is 3.92. The molecule has 2 aromatic rings. The van der Waals surface area contributed by atoms with Crippen molar-refractivity contribution in [2.24, 2.45) is 0 Å². The lowest BCUT2D eigenvalue weighted by molar-refractivity contribution is -0.116. The molecular weight excluding hydrogens is 352 g/mol. The Morgan fingerprint density at radius 2 is 1.50 bits per heavy atom. The van der Waals surface area contributed by atoms with Crippen molar-refractivity contribution in [3.05, 3.63) is 53.6 Å². The summed E-state index contributed by atoms with van der Waals surface area (Å²) < 4.78 is 24.7. The fraction of sp³-hybridized carbons (Fsp3) is 0.263. The first-order valence-electron chi connectivity index (χ1n) is 8.15. The highest BCUT2D eigenvalue weighted by molar-refractivity contribution is 7.91. The fourth-order valence-electron chi connectivity index (χ4n) is 2.34. The molecule has 0 radical (unpaired) electrons. The third-order valence-corrected chi connectivity index (χ3v) is 5.65. The van der Waals surface area contributed by atoms with Crippen molar-refractivity contribution in [2.75, 3.05) is 16.4 Å². The van der Waals surface area contributed by atoms with Crippen LogP contribution in [0.5, 0.6) is 0 Å². The third kappa shape index (κ3) is 5.42. The molecule has 7 heteroatoms. The number of hydrogen-bond donors (Lipinski definition) is 2. The number of sulfone groups is 1. The van der Waals surface area contributed by atoms with E-state index in [0.29, 0.717) is 11.4 Å². The largest absolute Gasteiger partial charge is 0.326 e. The second kappa shape index (κ2) is 8.14. The van der Waals surface area contributed by atoms with E-state index in [2.05, 4.69) is 10.6 Å². The van der Waals surface area contributed by atoms with Crippen molar-refractivity contribution in [1.82, 2.24) is 0 Å². The maximum absolute atomic E-state index is 12.4. The summed E-state index contributed by atoms with van der Waals surface area (Å²) in [5.74, 6) is -0.876. The number of amides is 2. The number of hydrogen-bond acceptors (Lipinski definition) is 4. The maximum atomic E-state index is 12.4. The highest BCUT2D eigenvalue weighted by atomic mass is 32.2. The van der Waals surface area contributed by atoms with Crippen molar-refractivity contribution in [1.29, 1.82) is 0 Å². The van der Waals surface area contributed by atoms with Crippen molar-refractivity contribution in [3.8, 4) is 0 Å². The number of carbonyl (C=O) groups excluding carboxylic acids is 2. The Balaban J connectivity index is 1.97. The van der Waals surface area contributed by atoms with E-state index in [-0.39, 0.29) is 28.9 Å². The van der Waals surface area contributed by atoms with E-state index < -0.39 is 9.84 Å². The zero-order chi connectivity index (χ0) is 19.3. The van der Waals surface area contributed by atoms with Crippen LogP contribution in [0.3, 0.4) is 0 Å². The first-order chi connectivity index (χ1) is 12.2. The molecule has 0 aliphatic heterocycles. The zero-order valence-corrected chi connectivity index (χ0v) is 15.8. The molecular formula is C19H22N2O4S. The van der Waals surface area contributed by atoms with Crippen LogP contribution in [0.15, 0.2) is 47.4 Å². The monoisotopic (exact) mass is 374 g/mol. The molecule has 0 aliphatic carbocycles. The quantitative estimate of drug-likeness (QED) is 0.813. The molecule has 6 nitrogen and oxygen atoms in total. The van der Waals surface area contributed by atoms with Crippen LogP contribution in [0.25, 0.3) is 0 Å². The Labute approximate surface area is 153 Å². The predicted octanol–water partition coefficient (Wildman–Crippen LogP) is 3.06. The summed E-state index contributed by atoms with van der Waals surface area (Å²) in [7, 11) is -3.58. The van der Waals surface area contributed by atoms with E-state index in [9.17, 15) is 18.0 Å². The van der Waals surface area contributed by atoms with Crippen LogP contribution < -0.4 is 10.6 Å². The Morgan fingerprint density at radius 1 is 0.885 bits per heavy atom. The Kier molecular flexibility index (Phi) is 6.15. The van der Waals surface area contributed by atoms with Crippen molar-refractivity contribution in [2.45, 2.75) is 32.1 Å². The van der Waals surface area contributed by atoms with Crippen LogP contribution in [0.4, 0.5) is 11.4 Å². The summed E-state index contributed by atoms with van der Waals surface area (Å²) in [6.45, 7) is 5.30. The van der Waals surface area contributed by atoms with Crippen molar-refractivity contribution < 1.29 is 18.0 Å². The molecule has 0 heterocycles. The minimum atomic E-state index is -3.58. The fourth-order valence-corrected chi connectivity index (χ4v) is 3.58. The predicted molar refractivity (Wildman–Crippen MR) is 102 cm³/mol. The molecule has 0 aliphatic rings. The molecule has 0 saturated carbocycles. The topological polar surface area (TPSA) is 92.3 Å². The second-order valence-corrected chi connectivity index (χ2v) is 8.23. The van der Waals surface area contributed by atoms with Gasteiger partial charge < -0.3 is 10.6 Å². The van der Waals surface area contributed by atoms with Gasteiger partial charge in [0, 0.05) is 24.7 Å². The van der Waals surface area contributed by atoms with Gasteiger partial charge in [-0.15, -0.1) is 0 Å². The summed E-state index contributed by atoms with van der Waals surface area (Å²) in [6.07, 6.45) is -0.136. The molecule has 0 fully saturated rings. The van der Waals surface area contributed by atoms with Gasteiger partial charge in [-0.2, -0.15) is 0 Å². The van der Waals surface area contributed by atoms with E-state index in [1.165, 1.54) is 31.2 Å². The second-order valence-electron chi connectivity index (χ2n) is 6.12. The lowest BCUT2D eigenvalue weighted by Gasteiger charge is -2.09. The summed E-state index contributed by atoms with van der Waals surface area (Å²) in [6, 6.07) is 11.4. The Hall–Kier alpha value is -2.67. The van der Waals surface area contributed by atoms with Gasteiger partial charge in [0.15, 0.2) is 9.84 Å². The van der Waals surface area contributed by atoms with Gasteiger partial charge in [-0.25, -0.2) is 8.42 Å². The van der Waals surface area contributed by atoms with Crippen LogP contribution in [0, 0.1) is 13.8 Å². The molecule has 26 heavy (non-hydrogen) atoms. The number of rotatable bonds is 6. The first-order valence-corrected chi connectivity index (χ1v) is 9.80. The zero-order valence-electron chi connectivity index (χ0n) is 15.0. The van der Waals surface area contributed by atoms with Gasteiger partial charge >= 0.3 is 0 Å². The van der Waals surface area contributed by atoms with E-state index >= 15 is 0 Å². The molecule has 0 atom stereocenters. The van der Waals surface area contributed by atoms with Crippen LogP contribution >= 0.6 is 0 Å². The minimum Gasteiger partial charge on any atom is -0.326 e. The van der Waals surface area contributed by atoms with Crippen molar-refractivity contribution >= 4 is 33.0 Å². The molecule has 138 valence electrons. The van der Waals surface area contributed by atoms with Crippen LogP contribution in [0.1, 0.15) is 24.5 Å². The van der Waals surface area contributed by atoms with E-state index in [0.717, 1.165) is 11.1 Å². The van der Waals surface area contributed by atoms with E-state index in [1.807, 2.05) is 26.0 Å². The molecule has 0 unspecified atom stereocenters. The summed E-state index contributed by atoms with van der Waals surface area (Å²) >= 11 is 0. The van der Waals surface area contributed by atoms with Gasteiger partial charge in [-0.3, -0.25) is 9.59 Å². The van der Waals surface area contributed by atoms with Crippen LogP contribution in [-0.4, -0.2) is 26.0 Å². The van der Waals surface area contributed by atoms with Crippen LogP contribution in [0.2, 0.25) is 0 Å². The molecule has 2 aromatic carbocycles. The Bertz CT molecular complexity index is 919. The average Bonchev–Trinajstić information content (AvgIpc) is 2.56. The van der Waals surface area contributed by atoms with Gasteiger partial charge in [-0.1, -0.05) is 6.07 Å².